The maximum absolute atomic E-state index is 12.1. The zero-order chi connectivity index (χ0) is 16.9. The number of aromatic nitrogens is 1. The first kappa shape index (κ1) is 16.3. The van der Waals surface area contributed by atoms with Crippen LogP contribution in [0.5, 0.6) is 11.6 Å². The standard InChI is InChI=1S/C18H21N3O3/c1-13-4-3-5-16(14(13)2)24-17-7-6-15(12-19-17)20-18(22)21-8-10-23-11-9-21/h3-7,12H,8-11H2,1-2H3,(H,20,22). The second-order valence-corrected chi connectivity index (χ2v) is 5.71. The Kier molecular flexibility index (Phi) is 4.96. The zero-order valence-corrected chi connectivity index (χ0v) is 13.9. The van der Waals surface area contributed by atoms with Crippen LogP contribution in [0.25, 0.3) is 0 Å². The minimum absolute atomic E-state index is 0.136. The molecule has 1 aliphatic heterocycles. The molecule has 0 radical (unpaired) electrons. The highest BCUT2D eigenvalue weighted by molar-refractivity contribution is 5.89. The van der Waals surface area contributed by atoms with Crippen LogP contribution in [0.15, 0.2) is 36.5 Å². The lowest BCUT2D eigenvalue weighted by Gasteiger charge is -2.26. The van der Waals surface area contributed by atoms with Gasteiger partial charge in [0, 0.05) is 19.2 Å². The fraction of sp³-hybridized carbons (Fsp3) is 0.333. The highest BCUT2D eigenvalue weighted by atomic mass is 16.5. The third-order valence-electron chi connectivity index (χ3n) is 4.06. The average Bonchev–Trinajstić information content (AvgIpc) is 2.61. The maximum atomic E-state index is 12.1. The summed E-state index contributed by atoms with van der Waals surface area (Å²) in [6, 6.07) is 9.30. The van der Waals surface area contributed by atoms with Crippen molar-refractivity contribution in [2.24, 2.45) is 0 Å². The minimum atomic E-state index is -0.136. The molecule has 0 aliphatic carbocycles. The lowest BCUT2D eigenvalue weighted by molar-refractivity contribution is 0.0564. The van der Waals surface area contributed by atoms with Gasteiger partial charge in [-0.1, -0.05) is 12.1 Å². The van der Waals surface area contributed by atoms with Gasteiger partial charge in [-0.25, -0.2) is 9.78 Å². The zero-order valence-electron chi connectivity index (χ0n) is 13.9. The Morgan fingerprint density at radius 2 is 2.00 bits per heavy atom. The van der Waals surface area contributed by atoms with Crippen LogP contribution in [-0.4, -0.2) is 42.2 Å². The monoisotopic (exact) mass is 327 g/mol. The van der Waals surface area contributed by atoms with Crippen LogP contribution in [0, 0.1) is 13.8 Å². The molecule has 1 aliphatic rings. The Balaban J connectivity index is 1.62. The Labute approximate surface area is 141 Å². The molecule has 0 atom stereocenters. The van der Waals surface area contributed by atoms with Gasteiger partial charge in [0.15, 0.2) is 0 Å². The van der Waals surface area contributed by atoms with Crippen LogP contribution in [-0.2, 0) is 4.74 Å². The number of nitrogens with one attached hydrogen (secondary N) is 1. The van der Waals surface area contributed by atoms with Crippen LogP contribution in [0.1, 0.15) is 11.1 Å². The Hall–Kier alpha value is -2.60. The molecule has 2 aromatic rings. The summed E-state index contributed by atoms with van der Waals surface area (Å²) in [5, 5.41) is 2.84. The van der Waals surface area contributed by atoms with Gasteiger partial charge in [0.25, 0.3) is 0 Å². The van der Waals surface area contributed by atoms with E-state index in [9.17, 15) is 4.79 Å². The summed E-state index contributed by atoms with van der Waals surface area (Å²) in [5.41, 5.74) is 2.89. The number of anilines is 1. The van der Waals surface area contributed by atoms with Crippen molar-refractivity contribution < 1.29 is 14.3 Å². The molecule has 0 saturated carbocycles. The van der Waals surface area contributed by atoms with Crippen molar-refractivity contribution in [3.05, 3.63) is 47.7 Å². The smallest absolute Gasteiger partial charge is 0.322 e. The largest absolute Gasteiger partial charge is 0.439 e. The number of carbonyl (C=O) groups is 1. The number of ether oxygens (including phenoxy) is 2. The summed E-state index contributed by atoms with van der Waals surface area (Å²) in [4.78, 5) is 18.1. The van der Waals surface area contributed by atoms with Crippen molar-refractivity contribution in [3.8, 4) is 11.6 Å². The van der Waals surface area contributed by atoms with Gasteiger partial charge in [-0.05, 0) is 37.1 Å². The number of aryl methyl sites for hydroxylation is 1. The Morgan fingerprint density at radius 3 is 2.71 bits per heavy atom. The number of nitrogens with zero attached hydrogens (tertiary/aromatic N) is 2. The van der Waals surface area contributed by atoms with E-state index in [1.54, 1.807) is 23.2 Å². The number of benzene rings is 1. The molecule has 2 amide bonds. The molecule has 1 N–H and O–H groups in total. The van der Waals surface area contributed by atoms with Crippen molar-refractivity contribution in [1.29, 1.82) is 0 Å². The predicted octanol–water partition coefficient (Wildman–Crippen LogP) is 3.35. The molecule has 1 fully saturated rings. The number of amides is 2. The van der Waals surface area contributed by atoms with Crippen LogP contribution in [0.4, 0.5) is 10.5 Å². The molecule has 126 valence electrons. The van der Waals surface area contributed by atoms with Gasteiger partial charge in [-0.15, -0.1) is 0 Å². The van der Waals surface area contributed by atoms with E-state index in [1.807, 2.05) is 32.0 Å². The molecule has 0 bridgehead atoms. The third kappa shape index (κ3) is 3.83. The predicted molar refractivity (Wildman–Crippen MR) is 91.6 cm³/mol. The fourth-order valence-corrected chi connectivity index (χ4v) is 2.43. The number of hydrogen-bond donors (Lipinski definition) is 1. The molecular weight excluding hydrogens is 306 g/mol. The molecule has 1 aromatic carbocycles. The van der Waals surface area contributed by atoms with Crippen molar-refractivity contribution in [3.63, 3.8) is 0 Å². The molecule has 2 heterocycles. The number of hydrogen-bond acceptors (Lipinski definition) is 4. The number of pyridine rings is 1. The van der Waals surface area contributed by atoms with Gasteiger partial charge in [0.1, 0.15) is 5.75 Å². The molecule has 6 nitrogen and oxygen atoms in total. The summed E-state index contributed by atoms with van der Waals surface area (Å²) < 4.78 is 11.1. The molecular formula is C18H21N3O3. The number of rotatable bonds is 3. The van der Waals surface area contributed by atoms with Crippen LogP contribution in [0.2, 0.25) is 0 Å². The van der Waals surface area contributed by atoms with E-state index in [4.69, 9.17) is 9.47 Å². The van der Waals surface area contributed by atoms with E-state index < -0.39 is 0 Å². The molecule has 1 aromatic heterocycles. The first-order valence-corrected chi connectivity index (χ1v) is 7.97. The SMILES string of the molecule is Cc1cccc(Oc2ccc(NC(=O)N3CCOCC3)cn2)c1C. The van der Waals surface area contributed by atoms with Gasteiger partial charge < -0.3 is 19.7 Å². The van der Waals surface area contributed by atoms with E-state index in [2.05, 4.69) is 10.3 Å². The highest BCUT2D eigenvalue weighted by Gasteiger charge is 2.16. The number of urea groups is 1. The third-order valence-corrected chi connectivity index (χ3v) is 4.06. The molecule has 0 unspecified atom stereocenters. The normalized spacial score (nSPS) is 14.3. The number of morpholine rings is 1. The first-order valence-electron chi connectivity index (χ1n) is 7.97. The fourth-order valence-electron chi connectivity index (χ4n) is 2.43. The second kappa shape index (κ2) is 7.31. The molecule has 1 saturated heterocycles. The summed E-state index contributed by atoms with van der Waals surface area (Å²) in [5.74, 6) is 1.28. The second-order valence-electron chi connectivity index (χ2n) is 5.71. The quantitative estimate of drug-likeness (QED) is 0.939. The van der Waals surface area contributed by atoms with E-state index >= 15 is 0 Å². The van der Waals surface area contributed by atoms with Crippen molar-refractivity contribution in [2.75, 3.05) is 31.6 Å². The van der Waals surface area contributed by atoms with Gasteiger partial charge in [0.2, 0.25) is 5.88 Å². The Bertz CT molecular complexity index is 710. The Morgan fingerprint density at radius 1 is 1.21 bits per heavy atom. The maximum Gasteiger partial charge on any atom is 0.322 e. The summed E-state index contributed by atoms with van der Waals surface area (Å²) in [6.45, 7) is 6.42. The lowest BCUT2D eigenvalue weighted by atomic mass is 10.1. The lowest BCUT2D eigenvalue weighted by Crippen LogP contribution is -2.43. The minimum Gasteiger partial charge on any atom is -0.439 e. The van der Waals surface area contributed by atoms with Crippen LogP contribution in [0.3, 0.4) is 0 Å². The molecule has 24 heavy (non-hydrogen) atoms. The highest BCUT2D eigenvalue weighted by Crippen LogP contribution is 2.26. The summed E-state index contributed by atoms with van der Waals surface area (Å²) in [7, 11) is 0. The van der Waals surface area contributed by atoms with Gasteiger partial charge in [-0.2, -0.15) is 0 Å². The first-order chi connectivity index (χ1) is 11.6. The van der Waals surface area contributed by atoms with Crippen molar-refractivity contribution in [2.45, 2.75) is 13.8 Å². The van der Waals surface area contributed by atoms with E-state index in [0.29, 0.717) is 37.9 Å². The van der Waals surface area contributed by atoms with E-state index in [1.165, 1.54) is 5.56 Å². The topological polar surface area (TPSA) is 63.7 Å². The van der Waals surface area contributed by atoms with Gasteiger partial charge in [0.05, 0.1) is 25.1 Å². The van der Waals surface area contributed by atoms with E-state index in [-0.39, 0.29) is 6.03 Å². The molecule has 3 rings (SSSR count). The van der Waals surface area contributed by atoms with Crippen LogP contribution < -0.4 is 10.1 Å². The molecule has 0 spiro atoms. The van der Waals surface area contributed by atoms with Crippen LogP contribution >= 0.6 is 0 Å². The van der Waals surface area contributed by atoms with Gasteiger partial charge in [-0.3, -0.25) is 0 Å². The summed E-state index contributed by atoms with van der Waals surface area (Å²) >= 11 is 0. The van der Waals surface area contributed by atoms with Crippen molar-refractivity contribution >= 4 is 11.7 Å². The summed E-state index contributed by atoms with van der Waals surface area (Å²) in [6.07, 6.45) is 1.60. The number of carbonyl (C=O) groups excluding carboxylic acids is 1. The van der Waals surface area contributed by atoms with E-state index in [0.717, 1.165) is 11.3 Å². The average molecular weight is 327 g/mol. The molecule has 6 heteroatoms. The van der Waals surface area contributed by atoms with Gasteiger partial charge >= 0.3 is 6.03 Å². The van der Waals surface area contributed by atoms with Crippen molar-refractivity contribution in [1.82, 2.24) is 9.88 Å².